The summed E-state index contributed by atoms with van der Waals surface area (Å²) in [6.45, 7) is 0.936. The van der Waals surface area contributed by atoms with Crippen molar-refractivity contribution in [1.82, 2.24) is 4.98 Å². The summed E-state index contributed by atoms with van der Waals surface area (Å²) in [4.78, 5) is 27.0. The summed E-state index contributed by atoms with van der Waals surface area (Å²) >= 11 is 1.16. The third kappa shape index (κ3) is 4.49. The maximum Gasteiger partial charge on any atom is 0.271 e. The molecule has 0 unspecified atom stereocenters. The maximum atomic E-state index is 12.6. The van der Waals surface area contributed by atoms with Gasteiger partial charge in [0.2, 0.25) is 0 Å². The van der Waals surface area contributed by atoms with Gasteiger partial charge in [-0.15, -0.1) is 11.3 Å². The zero-order valence-electron chi connectivity index (χ0n) is 16.0. The normalized spacial score (nSPS) is 12.9. The summed E-state index contributed by atoms with van der Waals surface area (Å²) in [6, 6.07) is 8.39. The Balaban J connectivity index is 1.58. The Morgan fingerprint density at radius 2 is 1.90 bits per heavy atom. The molecule has 12 heteroatoms. The Morgan fingerprint density at radius 3 is 2.61 bits per heavy atom. The predicted octanol–water partition coefficient (Wildman–Crippen LogP) is 3.15. The number of fused-ring (bicyclic) bond motifs is 1. The lowest BCUT2D eigenvalue weighted by Gasteiger charge is -2.18. The fourth-order valence-corrected chi connectivity index (χ4v) is 4.26. The minimum absolute atomic E-state index is 0.161. The van der Waals surface area contributed by atoms with Gasteiger partial charge in [0.15, 0.2) is 26.5 Å². The second kappa shape index (κ2) is 7.96. The summed E-state index contributed by atoms with van der Waals surface area (Å²) in [5, 5.41) is 15.7. The molecule has 3 aromatic rings. The lowest BCUT2D eigenvalue weighted by molar-refractivity contribution is -0.385. The van der Waals surface area contributed by atoms with Gasteiger partial charge in [0.1, 0.15) is 13.2 Å². The minimum Gasteiger partial charge on any atom is -0.486 e. The Kier molecular flexibility index (Phi) is 5.33. The zero-order chi connectivity index (χ0) is 22.2. The quantitative estimate of drug-likeness (QED) is 0.452. The van der Waals surface area contributed by atoms with Gasteiger partial charge in [0.05, 0.1) is 15.5 Å². The summed E-state index contributed by atoms with van der Waals surface area (Å²) in [6.07, 6.45) is 0.911. The Hall–Kier alpha value is -3.51. The Morgan fingerprint density at radius 1 is 1.16 bits per heavy atom. The van der Waals surface area contributed by atoms with Gasteiger partial charge >= 0.3 is 0 Å². The van der Waals surface area contributed by atoms with Crippen molar-refractivity contribution in [3.8, 4) is 22.8 Å². The van der Waals surface area contributed by atoms with E-state index in [4.69, 9.17) is 9.47 Å². The third-order valence-corrected chi connectivity index (χ3v) is 6.20. The van der Waals surface area contributed by atoms with E-state index in [1.54, 1.807) is 17.5 Å². The number of aromatic nitrogens is 1. The van der Waals surface area contributed by atoms with Gasteiger partial charge in [0, 0.05) is 34.9 Å². The highest BCUT2D eigenvalue weighted by molar-refractivity contribution is 7.90. The number of carbonyl (C=O) groups excluding carboxylic acids is 1. The van der Waals surface area contributed by atoms with Crippen LogP contribution in [0.2, 0.25) is 0 Å². The number of carbonyl (C=O) groups is 1. The van der Waals surface area contributed by atoms with Gasteiger partial charge in [-0.3, -0.25) is 20.2 Å². The van der Waals surface area contributed by atoms with Gasteiger partial charge in [-0.1, -0.05) is 0 Å². The first-order valence-corrected chi connectivity index (χ1v) is 11.6. The number of anilines is 1. The van der Waals surface area contributed by atoms with Crippen molar-refractivity contribution in [1.29, 1.82) is 0 Å². The van der Waals surface area contributed by atoms with E-state index in [2.05, 4.69) is 10.3 Å². The van der Waals surface area contributed by atoms with Crippen molar-refractivity contribution >= 4 is 37.9 Å². The second-order valence-electron chi connectivity index (χ2n) is 6.60. The number of benzene rings is 2. The van der Waals surface area contributed by atoms with Crippen molar-refractivity contribution in [2.45, 2.75) is 4.90 Å². The molecule has 1 N–H and O–H groups in total. The molecule has 0 atom stereocenters. The number of rotatable bonds is 5. The standard InChI is InChI=1S/C19H15N3O7S2/c1-31(26,27)14-7-12(6-13(9-14)22(24)25)18(23)21-19-20-15(10-30-19)11-2-3-16-17(8-11)29-5-4-28-16/h2-3,6-10H,4-5H2,1H3,(H,20,21,23). The number of hydrogen-bond acceptors (Lipinski definition) is 9. The number of ether oxygens (including phenoxy) is 2. The van der Waals surface area contributed by atoms with Crippen LogP contribution in [0.25, 0.3) is 11.3 Å². The van der Waals surface area contributed by atoms with E-state index in [0.717, 1.165) is 41.4 Å². The minimum atomic E-state index is -3.75. The van der Waals surface area contributed by atoms with Gasteiger partial charge < -0.3 is 9.47 Å². The van der Waals surface area contributed by atoms with Crippen LogP contribution in [0.15, 0.2) is 46.7 Å². The number of nitro groups is 1. The largest absolute Gasteiger partial charge is 0.486 e. The molecule has 1 aliphatic heterocycles. The van der Waals surface area contributed by atoms with E-state index in [-0.39, 0.29) is 15.6 Å². The van der Waals surface area contributed by atoms with E-state index >= 15 is 0 Å². The molecule has 0 fully saturated rings. The molecule has 1 aromatic heterocycles. The molecule has 160 valence electrons. The van der Waals surface area contributed by atoms with Crippen molar-refractivity contribution in [2.75, 3.05) is 24.8 Å². The second-order valence-corrected chi connectivity index (χ2v) is 9.47. The highest BCUT2D eigenvalue weighted by Gasteiger charge is 2.20. The Labute approximate surface area is 180 Å². The predicted molar refractivity (Wildman–Crippen MR) is 113 cm³/mol. The molecule has 0 spiro atoms. The first kappa shape index (κ1) is 20.8. The number of amides is 1. The summed E-state index contributed by atoms with van der Waals surface area (Å²) in [5.41, 5.74) is 0.693. The smallest absolute Gasteiger partial charge is 0.271 e. The Bertz CT molecular complexity index is 1300. The molecular weight excluding hydrogens is 446 g/mol. The highest BCUT2D eigenvalue weighted by atomic mass is 32.2. The topological polar surface area (TPSA) is 138 Å². The SMILES string of the molecule is CS(=O)(=O)c1cc(C(=O)Nc2nc(-c3ccc4c(c3)OCCO4)cs2)cc([N+](=O)[O-])c1. The van der Waals surface area contributed by atoms with Gasteiger partial charge in [-0.05, 0) is 24.3 Å². The number of non-ortho nitro benzene ring substituents is 1. The van der Waals surface area contributed by atoms with Crippen LogP contribution in [0, 0.1) is 10.1 Å². The van der Waals surface area contributed by atoms with Gasteiger partial charge in [0.25, 0.3) is 11.6 Å². The summed E-state index contributed by atoms with van der Waals surface area (Å²) in [5.74, 6) is 0.537. The lowest BCUT2D eigenvalue weighted by atomic mass is 10.1. The summed E-state index contributed by atoms with van der Waals surface area (Å²) in [7, 11) is -3.75. The molecule has 0 saturated carbocycles. The average molecular weight is 461 g/mol. The number of thiazole rings is 1. The molecule has 0 saturated heterocycles. The van der Waals surface area contributed by atoms with Gasteiger partial charge in [-0.2, -0.15) is 0 Å². The monoisotopic (exact) mass is 461 g/mol. The van der Waals surface area contributed by atoms with E-state index in [9.17, 15) is 23.3 Å². The van der Waals surface area contributed by atoms with E-state index in [0.29, 0.717) is 30.4 Å². The van der Waals surface area contributed by atoms with Crippen LogP contribution < -0.4 is 14.8 Å². The fourth-order valence-electron chi connectivity index (χ4n) is 2.87. The number of hydrogen-bond donors (Lipinski definition) is 1. The van der Waals surface area contributed by atoms with Gasteiger partial charge in [-0.25, -0.2) is 13.4 Å². The van der Waals surface area contributed by atoms with Crippen LogP contribution in [0.3, 0.4) is 0 Å². The molecule has 2 aromatic carbocycles. The average Bonchev–Trinajstić information content (AvgIpc) is 3.20. The molecule has 4 rings (SSSR count). The van der Waals surface area contributed by atoms with Crippen molar-refractivity contribution < 1.29 is 27.6 Å². The number of nitrogens with one attached hydrogen (secondary N) is 1. The van der Waals surface area contributed by atoms with Crippen molar-refractivity contribution in [2.24, 2.45) is 0 Å². The van der Waals surface area contributed by atoms with Crippen LogP contribution in [-0.2, 0) is 9.84 Å². The molecule has 31 heavy (non-hydrogen) atoms. The highest BCUT2D eigenvalue weighted by Crippen LogP contribution is 2.35. The van der Waals surface area contributed by atoms with Crippen molar-refractivity contribution in [3.63, 3.8) is 0 Å². The fraction of sp³-hybridized carbons (Fsp3) is 0.158. The molecule has 2 heterocycles. The van der Waals surface area contributed by atoms with E-state index < -0.39 is 26.4 Å². The molecule has 10 nitrogen and oxygen atoms in total. The molecule has 0 radical (unpaired) electrons. The number of nitrogens with zero attached hydrogens (tertiary/aromatic N) is 2. The molecule has 0 bridgehead atoms. The first-order valence-electron chi connectivity index (χ1n) is 8.87. The lowest BCUT2D eigenvalue weighted by Crippen LogP contribution is -2.15. The number of nitro benzene ring substituents is 1. The van der Waals surface area contributed by atoms with E-state index in [1.165, 1.54) is 0 Å². The molecular formula is C19H15N3O7S2. The zero-order valence-corrected chi connectivity index (χ0v) is 17.7. The molecule has 0 aliphatic carbocycles. The third-order valence-electron chi connectivity index (χ3n) is 4.36. The molecule has 1 amide bonds. The van der Waals surface area contributed by atoms with Crippen LogP contribution >= 0.6 is 11.3 Å². The van der Waals surface area contributed by atoms with E-state index in [1.807, 2.05) is 6.07 Å². The molecule has 1 aliphatic rings. The summed E-state index contributed by atoms with van der Waals surface area (Å²) < 4.78 is 34.7. The van der Waals surface area contributed by atoms with Crippen LogP contribution in [-0.4, -0.2) is 43.7 Å². The first-order chi connectivity index (χ1) is 14.7. The maximum absolute atomic E-state index is 12.6. The number of sulfone groups is 1. The van der Waals surface area contributed by atoms with Crippen LogP contribution in [0.4, 0.5) is 10.8 Å². The van der Waals surface area contributed by atoms with Crippen LogP contribution in [0.5, 0.6) is 11.5 Å². The van der Waals surface area contributed by atoms with Crippen molar-refractivity contribution in [3.05, 3.63) is 57.5 Å². The van der Waals surface area contributed by atoms with Crippen LogP contribution in [0.1, 0.15) is 10.4 Å².